The van der Waals surface area contributed by atoms with Crippen LogP contribution in [0.15, 0.2) is 18.2 Å². The van der Waals surface area contributed by atoms with E-state index in [2.05, 4.69) is 10.6 Å². The fourth-order valence-electron chi connectivity index (χ4n) is 1.93. The van der Waals surface area contributed by atoms with E-state index in [0.717, 1.165) is 12.8 Å². The van der Waals surface area contributed by atoms with Gasteiger partial charge in [-0.15, -0.1) is 0 Å². The predicted molar refractivity (Wildman–Crippen MR) is 78.5 cm³/mol. The molecule has 21 heavy (non-hydrogen) atoms. The summed E-state index contributed by atoms with van der Waals surface area (Å²) in [6, 6.07) is 4.24. The number of anilines is 1. The van der Waals surface area contributed by atoms with E-state index >= 15 is 0 Å². The molecule has 1 aliphatic carbocycles. The molecule has 0 aromatic heterocycles. The first kappa shape index (κ1) is 15.2. The minimum Gasteiger partial charge on any atom is -0.383 e. The van der Waals surface area contributed by atoms with Gasteiger partial charge in [0.25, 0.3) is 11.6 Å². The quantitative estimate of drug-likeness (QED) is 0.433. The highest BCUT2D eigenvalue weighted by molar-refractivity contribution is 6.00. The van der Waals surface area contributed by atoms with Crippen molar-refractivity contribution >= 4 is 17.3 Å². The van der Waals surface area contributed by atoms with Crippen molar-refractivity contribution in [3.63, 3.8) is 0 Å². The molecule has 1 fully saturated rings. The Bertz CT molecular complexity index is 529. The molecule has 0 atom stereocenters. The van der Waals surface area contributed by atoms with Gasteiger partial charge in [-0.3, -0.25) is 14.9 Å². The fourth-order valence-corrected chi connectivity index (χ4v) is 1.93. The van der Waals surface area contributed by atoms with Crippen LogP contribution in [0.5, 0.6) is 0 Å². The molecule has 0 unspecified atom stereocenters. The van der Waals surface area contributed by atoms with Crippen LogP contribution in [0.25, 0.3) is 0 Å². The molecule has 0 aliphatic heterocycles. The molecule has 7 nitrogen and oxygen atoms in total. The maximum atomic E-state index is 12.2. The van der Waals surface area contributed by atoms with Crippen molar-refractivity contribution < 1.29 is 14.5 Å². The summed E-state index contributed by atoms with van der Waals surface area (Å²) < 4.78 is 4.94. The standard InChI is InChI=1S/C14H19N3O4/c1-21-7-6-15-13-5-4-11(17(19)20)8-12(13)14(18)16-9-10-2-3-10/h4-5,8,10,15H,2-3,6-7,9H2,1H3,(H,16,18). The van der Waals surface area contributed by atoms with Gasteiger partial charge in [0.1, 0.15) is 0 Å². The summed E-state index contributed by atoms with van der Waals surface area (Å²) >= 11 is 0. The minimum absolute atomic E-state index is 0.0936. The summed E-state index contributed by atoms with van der Waals surface area (Å²) in [5.41, 5.74) is 0.774. The van der Waals surface area contributed by atoms with Crippen molar-refractivity contribution in [1.29, 1.82) is 0 Å². The van der Waals surface area contributed by atoms with E-state index in [-0.39, 0.29) is 11.6 Å². The maximum absolute atomic E-state index is 12.2. The number of nitrogens with one attached hydrogen (secondary N) is 2. The monoisotopic (exact) mass is 293 g/mol. The first-order valence-corrected chi connectivity index (χ1v) is 6.91. The lowest BCUT2D eigenvalue weighted by molar-refractivity contribution is -0.384. The number of amides is 1. The van der Waals surface area contributed by atoms with Gasteiger partial charge >= 0.3 is 0 Å². The van der Waals surface area contributed by atoms with Crippen LogP contribution in [0.2, 0.25) is 0 Å². The molecular weight excluding hydrogens is 274 g/mol. The smallest absolute Gasteiger partial charge is 0.270 e. The van der Waals surface area contributed by atoms with Gasteiger partial charge in [0.2, 0.25) is 0 Å². The van der Waals surface area contributed by atoms with Crippen molar-refractivity contribution in [2.75, 3.05) is 32.1 Å². The molecule has 114 valence electrons. The number of nitro groups is 1. The Morgan fingerprint density at radius 2 is 2.24 bits per heavy atom. The van der Waals surface area contributed by atoms with E-state index < -0.39 is 4.92 Å². The summed E-state index contributed by atoms with van der Waals surface area (Å²) in [6.45, 7) is 1.64. The lowest BCUT2D eigenvalue weighted by Crippen LogP contribution is -2.26. The molecule has 0 saturated heterocycles. The van der Waals surface area contributed by atoms with Crippen LogP contribution in [0.4, 0.5) is 11.4 Å². The minimum atomic E-state index is -0.503. The Morgan fingerprint density at radius 1 is 1.48 bits per heavy atom. The molecule has 1 aliphatic rings. The van der Waals surface area contributed by atoms with Crippen molar-refractivity contribution in [3.8, 4) is 0 Å². The van der Waals surface area contributed by atoms with Crippen LogP contribution >= 0.6 is 0 Å². The number of carbonyl (C=O) groups is 1. The average molecular weight is 293 g/mol. The SMILES string of the molecule is COCCNc1ccc([N+](=O)[O-])cc1C(=O)NCC1CC1. The lowest BCUT2D eigenvalue weighted by Gasteiger charge is -2.12. The third-order valence-corrected chi connectivity index (χ3v) is 3.33. The van der Waals surface area contributed by atoms with E-state index in [1.54, 1.807) is 13.2 Å². The van der Waals surface area contributed by atoms with Gasteiger partial charge in [0, 0.05) is 38.0 Å². The van der Waals surface area contributed by atoms with Gasteiger partial charge in [-0.25, -0.2) is 0 Å². The molecule has 2 N–H and O–H groups in total. The number of non-ortho nitro benzene ring substituents is 1. The van der Waals surface area contributed by atoms with Gasteiger partial charge in [-0.1, -0.05) is 0 Å². The Hall–Kier alpha value is -2.15. The topological polar surface area (TPSA) is 93.5 Å². The van der Waals surface area contributed by atoms with Gasteiger partial charge in [-0.2, -0.15) is 0 Å². The molecule has 0 heterocycles. The van der Waals surface area contributed by atoms with Crippen LogP contribution in [-0.2, 0) is 4.74 Å². The molecule has 0 spiro atoms. The molecular formula is C14H19N3O4. The number of benzene rings is 1. The molecule has 0 radical (unpaired) electrons. The third-order valence-electron chi connectivity index (χ3n) is 3.33. The van der Waals surface area contributed by atoms with E-state index in [4.69, 9.17) is 4.74 Å². The highest BCUT2D eigenvalue weighted by atomic mass is 16.6. The second kappa shape index (κ2) is 7.03. The van der Waals surface area contributed by atoms with Crippen LogP contribution in [0.3, 0.4) is 0 Å². The molecule has 0 bridgehead atoms. The largest absolute Gasteiger partial charge is 0.383 e. The Kier molecular flexibility index (Phi) is 5.10. The lowest BCUT2D eigenvalue weighted by atomic mass is 10.1. The van der Waals surface area contributed by atoms with Crippen LogP contribution in [0.1, 0.15) is 23.2 Å². The van der Waals surface area contributed by atoms with Gasteiger partial charge < -0.3 is 15.4 Å². The summed E-state index contributed by atoms with van der Waals surface area (Å²) in [5.74, 6) is 0.267. The normalized spacial score (nSPS) is 13.8. The summed E-state index contributed by atoms with van der Waals surface area (Å²) in [5, 5.41) is 16.7. The van der Waals surface area contributed by atoms with Gasteiger partial charge in [-0.05, 0) is 24.8 Å². The Morgan fingerprint density at radius 3 is 2.86 bits per heavy atom. The molecule has 1 saturated carbocycles. The zero-order valence-electron chi connectivity index (χ0n) is 11.9. The Labute approximate surface area is 122 Å². The first-order valence-electron chi connectivity index (χ1n) is 6.91. The van der Waals surface area contributed by atoms with E-state index in [0.29, 0.717) is 36.9 Å². The molecule has 2 rings (SSSR count). The summed E-state index contributed by atoms with van der Waals surface area (Å²) in [7, 11) is 1.58. The van der Waals surface area contributed by atoms with Crippen molar-refractivity contribution in [1.82, 2.24) is 5.32 Å². The number of hydrogen-bond donors (Lipinski definition) is 2. The summed E-state index contributed by atoms with van der Waals surface area (Å²) in [6.07, 6.45) is 2.27. The zero-order valence-corrected chi connectivity index (χ0v) is 11.9. The van der Waals surface area contributed by atoms with E-state index in [9.17, 15) is 14.9 Å². The molecule has 1 amide bonds. The van der Waals surface area contributed by atoms with Crippen LogP contribution < -0.4 is 10.6 Å². The molecule has 1 aromatic rings. The van der Waals surface area contributed by atoms with Crippen LogP contribution in [-0.4, -0.2) is 37.6 Å². The number of nitro benzene ring substituents is 1. The number of carbonyl (C=O) groups excluding carboxylic acids is 1. The van der Waals surface area contributed by atoms with Crippen molar-refractivity contribution in [3.05, 3.63) is 33.9 Å². The van der Waals surface area contributed by atoms with Gasteiger partial charge in [0.05, 0.1) is 17.1 Å². The predicted octanol–water partition coefficient (Wildman–Crippen LogP) is 1.79. The number of nitrogens with zero attached hydrogens (tertiary/aromatic N) is 1. The van der Waals surface area contributed by atoms with Crippen molar-refractivity contribution in [2.24, 2.45) is 5.92 Å². The average Bonchev–Trinajstić information content (AvgIpc) is 3.29. The summed E-state index contributed by atoms with van der Waals surface area (Å²) in [4.78, 5) is 22.6. The van der Waals surface area contributed by atoms with Crippen molar-refractivity contribution in [2.45, 2.75) is 12.8 Å². The van der Waals surface area contributed by atoms with Crippen LogP contribution in [0, 0.1) is 16.0 Å². The number of rotatable bonds is 8. The highest BCUT2D eigenvalue weighted by Crippen LogP contribution is 2.28. The number of hydrogen-bond acceptors (Lipinski definition) is 5. The third kappa shape index (κ3) is 4.42. The Balaban J connectivity index is 2.12. The number of ether oxygens (including phenoxy) is 1. The number of methoxy groups -OCH3 is 1. The van der Waals surface area contributed by atoms with E-state index in [1.807, 2.05) is 0 Å². The molecule has 1 aromatic carbocycles. The van der Waals surface area contributed by atoms with Gasteiger partial charge in [0.15, 0.2) is 0 Å². The first-order chi connectivity index (χ1) is 10.1. The zero-order chi connectivity index (χ0) is 15.2. The highest BCUT2D eigenvalue weighted by Gasteiger charge is 2.23. The fraction of sp³-hybridized carbons (Fsp3) is 0.500. The maximum Gasteiger partial charge on any atom is 0.270 e. The second-order valence-corrected chi connectivity index (χ2v) is 5.06. The van der Waals surface area contributed by atoms with E-state index in [1.165, 1.54) is 12.1 Å². The molecule has 7 heteroatoms. The second-order valence-electron chi connectivity index (χ2n) is 5.06.